The lowest BCUT2D eigenvalue weighted by molar-refractivity contribution is -0.142. The zero-order valence-corrected chi connectivity index (χ0v) is 12.1. The quantitative estimate of drug-likeness (QED) is 0.877. The van der Waals surface area contributed by atoms with E-state index in [0.717, 1.165) is 0 Å². The SMILES string of the molecule is COc1ccc(NC(C)(C(=O)O)c2nccnc2C)cc1. The molecular formula is C15H17N3O3. The minimum Gasteiger partial charge on any atom is -0.497 e. The molecule has 1 unspecified atom stereocenters. The Morgan fingerprint density at radius 2 is 1.86 bits per heavy atom. The number of nitrogens with one attached hydrogen (secondary N) is 1. The maximum atomic E-state index is 11.7. The number of carboxylic acid groups (broad SMARTS) is 1. The maximum absolute atomic E-state index is 11.7. The van der Waals surface area contributed by atoms with Crippen molar-refractivity contribution in [3.05, 3.63) is 48.0 Å². The van der Waals surface area contributed by atoms with Crippen molar-refractivity contribution in [1.29, 1.82) is 0 Å². The Balaban J connectivity index is 2.38. The minimum atomic E-state index is -1.37. The van der Waals surface area contributed by atoms with Gasteiger partial charge in [0.25, 0.3) is 0 Å². The number of hydrogen-bond donors (Lipinski definition) is 2. The molecule has 1 aromatic carbocycles. The number of anilines is 1. The number of aromatic nitrogens is 2. The van der Waals surface area contributed by atoms with Crippen LogP contribution in [-0.4, -0.2) is 28.2 Å². The van der Waals surface area contributed by atoms with Crippen LogP contribution >= 0.6 is 0 Å². The van der Waals surface area contributed by atoms with Gasteiger partial charge < -0.3 is 15.2 Å². The van der Waals surface area contributed by atoms with E-state index < -0.39 is 11.5 Å². The van der Waals surface area contributed by atoms with Crippen LogP contribution in [0.3, 0.4) is 0 Å². The Kier molecular flexibility index (Phi) is 4.07. The molecule has 6 heteroatoms. The Bertz CT molecular complexity index is 643. The fourth-order valence-corrected chi connectivity index (χ4v) is 2.08. The molecule has 0 aliphatic rings. The molecule has 0 fully saturated rings. The van der Waals surface area contributed by atoms with Crippen molar-refractivity contribution in [3.8, 4) is 5.75 Å². The van der Waals surface area contributed by atoms with Crippen molar-refractivity contribution in [3.63, 3.8) is 0 Å². The average Bonchev–Trinajstić information content (AvgIpc) is 2.48. The molecule has 1 atom stereocenters. The standard InChI is InChI=1S/C15H17N3O3/c1-10-13(17-9-8-16-10)15(2,14(19)20)18-11-4-6-12(21-3)7-5-11/h4-9,18H,1-3H3,(H,19,20). The van der Waals surface area contributed by atoms with E-state index in [-0.39, 0.29) is 0 Å². The largest absolute Gasteiger partial charge is 0.497 e. The van der Waals surface area contributed by atoms with Crippen LogP contribution in [0.1, 0.15) is 18.3 Å². The van der Waals surface area contributed by atoms with Gasteiger partial charge in [-0.2, -0.15) is 0 Å². The van der Waals surface area contributed by atoms with Crippen LogP contribution < -0.4 is 10.1 Å². The summed E-state index contributed by atoms with van der Waals surface area (Å²) in [7, 11) is 1.58. The number of carboxylic acids is 1. The van der Waals surface area contributed by atoms with Gasteiger partial charge in [0, 0.05) is 18.1 Å². The smallest absolute Gasteiger partial charge is 0.335 e. The lowest BCUT2D eigenvalue weighted by Gasteiger charge is -2.27. The fourth-order valence-electron chi connectivity index (χ4n) is 2.08. The second-order valence-electron chi connectivity index (χ2n) is 4.77. The van der Waals surface area contributed by atoms with Crippen LogP contribution in [0, 0.1) is 6.92 Å². The van der Waals surface area contributed by atoms with Crippen LogP contribution in [0.4, 0.5) is 5.69 Å². The highest BCUT2D eigenvalue weighted by Gasteiger charge is 2.38. The number of aliphatic carboxylic acids is 1. The number of benzene rings is 1. The summed E-state index contributed by atoms with van der Waals surface area (Å²) >= 11 is 0. The van der Waals surface area contributed by atoms with Gasteiger partial charge in [0.2, 0.25) is 0 Å². The van der Waals surface area contributed by atoms with Crippen molar-refractivity contribution >= 4 is 11.7 Å². The lowest BCUT2D eigenvalue weighted by atomic mass is 9.95. The lowest BCUT2D eigenvalue weighted by Crippen LogP contribution is -2.42. The van der Waals surface area contributed by atoms with Crippen molar-refractivity contribution in [2.75, 3.05) is 12.4 Å². The number of carbonyl (C=O) groups is 1. The second kappa shape index (κ2) is 5.78. The van der Waals surface area contributed by atoms with Crippen LogP contribution in [-0.2, 0) is 10.3 Å². The van der Waals surface area contributed by atoms with E-state index >= 15 is 0 Å². The predicted octanol–water partition coefficient (Wildman–Crippen LogP) is 2.21. The maximum Gasteiger partial charge on any atom is 0.335 e. The Labute approximate surface area is 122 Å². The van der Waals surface area contributed by atoms with Crippen LogP contribution in [0.15, 0.2) is 36.7 Å². The van der Waals surface area contributed by atoms with Gasteiger partial charge in [-0.3, -0.25) is 9.97 Å². The average molecular weight is 287 g/mol. The topological polar surface area (TPSA) is 84.3 Å². The van der Waals surface area contributed by atoms with Gasteiger partial charge in [-0.15, -0.1) is 0 Å². The molecule has 0 aliphatic heterocycles. The Hall–Kier alpha value is -2.63. The summed E-state index contributed by atoms with van der Waals surface area (Å²) < 4.78 is 5.08. The number of methoxy groups -OCH3 is 1. The second-order valence-corrected chi connectivity index (χ2v) is 4.77. The van der Waals surface area contributed by atoms with Gasteiger partial charge in [0.1, 0.15) is 5.75 Å². The summed E-state index contributed by atoms with van der Waals surface area (Å²) in [5, 5.41) is 12.6. The number of ether oxygens (including phenoxy) is 1. The monoisotopic (exact) mass is 287 g/mol. The third-order valence-corrected chi connectivity index (χ3v) is 3.27. The van der Waals surface area contributed by atoms with E-state index in [1.165, 1.54) is 12.4 Å². The molecule has 1 heterocycles. The van der Waals surface area contributed by atoms with Gasteiger partial charge in [-0.05, 0) is 38.1 Å². The first kappa shape index (κ1) is 14.8. The molecule has 0 saturated heterocycles. The van der Waals surface area contributed by atoms with Crippen LogP contribution in [0.25, 0.3) is 0 Å². The molecule has 0 aliphatic carbocycles. The molecule has 0 amide bonds. The van der Waals surface area contributed by atoms with Crippen molar-refractivity contribution in [1.82, 2.24) is 9.97 Å². The molecule has 110 valence electrons. The molecule has 21 heavy (non-hydrogen) atoms. The molecule has 1 aromatic heterocycles. The summed E-state index contributed by atoms with van der Waals surface area (Å²) in [6, 6.07) is 7.03. The molecule has 6 nitrogen and oxygen atoms in total. The third kappa shape index (κ3) is 2.94. The molecule has 0 spiro atoms. The van der Waals surface area contributed by atoms with E-state index in [1.54, 1.807) is 45.2 Å². The third-order valence-electron chi connectivity index (χ3n) is 3.27. The first-order valence-electron chi connectivity index (χ1n) is 6.41. The Morgan fingerprint density at radius 1 is 1.24 bits per heavy atom. The first-order valence-corrected chi connectivity index (χ1v) is 6.41. The number of aryl methyl sites for hydroxylation is 1. The highest BCUT2D eigenvalue weighted by atomic mass is 16.5. The summed E-state index contributed by atoms with van der Waals surface area (Å²) in [5.74, 6) is -0.324. The van der Waals surface area contributed by atoms with Crippen molar-refractivity contribution < 1.29 is 14.6 Å². The molecule has 2 N–H and O–H groups in total. The molecular weight excluding hydrogens is 270 g/mol. The van der Waals surface area contributed by atoms with Crippen LogP contribution in [0.5, 0.6) is 5.75 Å². The highest BCUT2D eigenvalue weighted by Crippen LogP contribution is 2.27. The van der Waals surface area contributed by atoms with Gasteiger partial charge in [-0.1, -0.05) is 0 Å². The number of nitrogens with zero attached hydrogens (tertiary/aromatic N) is 2. The highest BCUT2D eigenvalue weighted by molar-refractivity contribution is 5.83. The van der Waals surface area contributed by atoms with Crippen molar-refractivity contribution in [2.45, 2.75) is 19.4 Å². The van der Waals surface area contributed by atoms with E-state index in [1.807, 2.05) is 0 Å². The molecule has 0 radical (unpaired) electrons. The van der Waals surface area contributed by atoms with E-state index in [0.29, 0.717) is 22.8 Å². The summed E-state index contributed by atoms with van der Waals surface area (Å²) in [4.78, 5) is 20.0. The minimum absolute atomic E-state index is 0.383. The van der Waals surface area contributed by atoms with E-state index in [4.69, 9.17) is 4.74 Å². The van der Waals surface area contributed by atoms with E-state index in [2.05, 4.69) is 15.3 Å². The molecule has 0 saturated carbocycles. The molecule has 2 rings (SSSR count). The van der Waals surface area contributed by atoms with Gasteiger partial charge >= 0.3 is 5.97 Å². The predicted molar refractivity (Wildman–Crippen MR) is 78.4 cm³/mol. The van der Waals surface area contributed by atoms with Gasteiger partial charge in [-0.25, -0.2) is 4.79 Å². The first-order chi connectivity index (χ1) is 9.97. The number of rotatable bonds is 5. The van der Waals surface area contributed by atoms with Crippen LogP contribution in [0.2, 0.25) is 0 Å². The zero-order valence-electron chi connectivity index (χ0n) is 12.1. The summed E-state index contributed by atoms with van der Waals surface area (Å²) in [6.07, 6.45) is 3.02. The normalized spacial score (nSPS) is 13.3. The summed E-state index contributed by atoms with van der Waals surface area (Å²) in [6.45, 7) is 3.30. The fraction of sp³-hybridized carbons (Fsp3) is 0.267. The van der Waals surface area contributed by atoms with E-state index in [9.17, 15) is 9.90 Å². The Morgan fingerprint density at radius 3 is 2.38 bits per heavy atom. The summed E-state index contributed by atoms with van der Waals surface area (Å²) in [5.41, 5.74) is 0.245. The van der Waals surface area contributed by atoms with Gasteiger partial charge in [0.05, 0.1) is 18.5 Å². The van der Waals surface area contributed by atoms with Gasteiger partial charge in [0.15, 0.2) is 5.54 Å². The number of hydrogen-bond acceptors (Lipinski definition) is 5. The molecule has 0 bridgehead atoms. The zero-order chi connectivity index (χ0) is 15.5. The van der Waals surface area contributed by atoms with Crippen molar-refractivity contribution in [2.24, 2.45) is 0 Å². The molecule has 2 aromatic rings.